The molecule has 0 aliphatic carbocycles. The van der Waals surface area contributed by atoms with E-state index in [1.165, 1.54) is 0 Å². The summed E-state index contributed by atoms with van der Waals surface area (Å²) in [5, 5.41) is 11.8. The largest absolute Gasteiger partial charge is 0.380 e. The predicted molar refractivity (Wildman–Crippen MR) is 162 cm³/mol. The van der Waals surface area contributed by atoms with Crippen molar-refractivity contribution < 1.29 is 28.2 Å². The highest BCUT2D eigenvalue weighted by Gasteiger charge is 2.69. The maximum atomic E-state index is 15.5. The van der Waals surface area contributed by atoms with Crippen LogP contribution in [0.1, 0.15) is 49.9 Å². The second-order valence-electron chi connectivity index (χ2n) is 11.8. The summed E-state index contributed by atoms with van der Waals surface area (Å²) in [6.07, 6.45) is -1.71. The van der Waals surface area contributed by atoms with E-state index >= 15 is 4.57 Å². The van der Waals surface area contributed by atoms with E-state index in [1.54, 1.807) is 13.8 Å². The van der Waals surface area contributed by atoms with Gasteiger partial charge in [-0.05, 0) is 42.0 Å². The molecule has 0 amide bonds. The quantitative estimate of drug-likeness (QED) is 0.235. The molecule has 42 heavy (non-hydrogen) atoms. The minimum Gasteiger partial charge on any atom is -0.380 e. The fourth-order valence-electron chi connectivity index (χ4n) is 6.30. The molecule has 7 heteroatoms. The molecule has 4 aromatic carbocycles. The van der Waals surface area contributed by atoms with E-state index in [-0.39, 0.29) is 0 Å². The lowest BCUT2D eigenvalue weighted by molar-refractivity contribution is -0.177. The van der Waals surface area contributed by atoms with Crippen molar-refractivity contribution >= 4 is 7.60 Å². The molecule has 218 valence electrons. The average molecular weight is 585 g/mol. The summed E-state index contributed by atoms with van der Waals surface area (Å²) in [5.41, 5.74) is -0.100. The Morgan fingerprint density at radius 1 is 0.595 bits per heavy atom. The third kappa shape index (κ3) is 4.67. The number of benzene rings is 4. The topological polar surface area (TPSA) is 74.2 Å². The minimum atomic E-state index is -4.41. The lowest BCUT2D eigenvalue weighted by Crippen LogP contribution is -2.53. The van der Waals surface area contributed by atoms with E-state index in [9.17, 15) is 5.11 Å². The zero-order valence-corrected chi connectivity index (χ0v) is 25.2. The van der Waals surface area contributed by atoms with E-state index in [2.05, 4.69) is 0 Å². The van der Waals surface area contributed by atoms with Gasteiger partial charge in [0, 0.05) is 0 Å². The Bertz CT molecular complexity index is 1360. The number of aliphatic hydroxyl groups excluding tert-OH is 1. The maximum Gasteiger partial charge on any atom is 0.361 e. The molecule has 3 atom stereocenters. The summed E-state index contributed by atoms with van der Waals surface area (Å²) >= 11 is 0. The Kier molecular flexibility index (Phi) is 7.51. The van der Waals surface area contributed by atoms with Crippen LogP contribution in [0.4, 0.5) is 0 Å². The molecule has 2 heterocycles. The van der Waals surface area contributed by atoms with Crippen LogP contribution in [0.3, 0.4) is 0 Å². The van der Waals surface area contributed by atoms with Gasteiger partial charge in [0.15, 0.2) is 22.8 Å². The fourth-order valence-corrected chi connectivity index (χ4v) is 8.71. The standard InChI is InChI=1S/C35H37O6P/c1-25(2)32(36)42(37)40-34(26-17-9-5-10-18-26,27-19-11-6-12-20-27)30-31(39-33(3,4)38-30)35(41-42,28-21-13-7-14-22-28)29-23-15-8-16-24-29/h5-25,30-32,36H,1-4H3/t30-,31-,32-/m1/s1. The van der Waals surface area contributed by atoms with Gasteiger partial charge in [-0.3, -0.25) is 13.6 Å². The Morgan fingerprint density at radius 2 is 0.881 bits per heavy atom. The molecule has 2 saturated heterocycles. The Morgan fingerprint density at radius 3 is 1.14 bits per heavy atom. The van der Waals surface area contributed by atoms with Crippen molar-refractivity contribution in [2.45, 2.75) is 62.7 Å². The van der Waals surface area contributed by atoms with E-state index < -0.39 is 48.6 Å². The van der Waals surface area contributed by atoms with Crippen LogP contribution in [-0.2, 0) is 34.3 Å². The molecule has 0 bridgehead atoms. The molecular weight excluding hydrogens is 547 g/mol. The van der Waals surface area contributed by atoms with Crippen LogP contribution in [0, 0.1) is 5.92 Å². The van der Waals surface area contributed by atoms with Crippen LogP contribution in [0.25, 0.3) is 0 Å². The lowest BCUT2D eigenvalue weighted by Gasteiger charge is -2.41. The summed E-state index contributed by atoms with van der Waals surface area (Å²) in [6, 6.07) is 38.5. The van der Waals surface area contributed by atoms with Crippen molar-refractivity contribution in [3.05, 3.63) is 144 Å². The predicted octanol–water partition coefficient (Wildman–Crippen LogP) is 7.61. The van der Waals surface area contributed by atoms with E-state index in [0.29, 0.717) is 22.3 Å². The van der Waals surface area contributed by atoms with E-state index in [0.717, 1.165) is 0 Å². The third-order valence-electron chi connectivity index (χ3n) is 8.17. The van der Waals surface area contributed by atoms with Gasteiger partial charge in [0.25, 0.3) is 0 Å². The van der Waals surface area contributed by atoms with Crippen LogP contribution < -0.4 is 0 Å². The van der Waals surface area contributed by atoms with Gasteiger partial charge >= 0.3 is 7.60 Å². The van der Waals surface area contributed by atoms with Crippen molar-refractivity contribution in [1.82, 2.24) is 0 Å². The van der Waals surface area contributed by atoms with Crippen LogP contribution in [0.2, 0.25) is 0 Å². The molecule has 2 aliphatic heterocycles. The molecule has 0 spiro atoms. The molecule has 1 N–H and O–H groups in total. The number of fused-ring (bicyclic) bond motifs is 1. The van der Waals surface area contributed by atoms with Gasteiger partial charge in [0.05, 0.1) is 0 Å². The molecule has 0 aromatic heterocycles. The average Bonchev–Trinajstić information content (AvgIpc) is 3.31. The highest BCUT2D eigenvalue weighted by Crippen LogP contribution is 2.70. The first-order valence-corrected chi connectivity index (χ1v) is 16.0. The van der Waals surface area contributed by atoms with Gasteiger partial charge in [-0.1, -0.05) is 135 Å². The van der Waals surface area contributed by atoms with Crippen LogP contribution in [0.15, 0.2) is 121 Å². The summed E-state index contributed by atoms with van der Waals surface area (Å²) < 4.78 is 43.2. The lowest BCUT2D eigenvalue weighted by atomic mass is 9.72. The minimum absolute atomic E-state index is 0.444. The Hall–Kier alpha value is -3.09. The molecule has 0 unspecified atom stereocenters. The van der Waals surface area contributed by atoms with Gasteiger partial charge in [0.1, 0.15) is 12.2 Å². The first-order chi connectivity index (χ1) is 20.1. The van der Waals surface area contributed by atoms with Crippen molar-refractivity contribution in [3.63, 3.8) is 0 Å². The monoisotopic (exact) mass is 584 g/mol. The SMILES string of the molecule is CC(C)[C@H](O)P1(=O)OC(c2ccccc2)(c2ccccc2)[C@@H]2OC(C)(C)O[C@H]2C(c2ccccc2)(c2ccccc2)O1. The first-order valence-electron chi connectivity index (χ1n) is 14.4. The number of hydrogen-bond acceptors (Lipinski definition) is 6. The Balaban J connectivity index is 1.76. The highest BCUT2D eigenvalue weighted by atomic mass is 31.2. The van der Waals surface area contributed by atoms with Crippen LogP contribution in [-0.4, -0.2) is 28.9 Å². The van der Waals surface area contributed by atoms with Gasteiger partial charge in [0.2, 0.25) is 0 Å². The highest BCUT2D eigenvalue weighted by molar-refractivity contribution is 7.54. The van der Waals surface area contributed by atoms with Gasteiger partial charge in [-0.25, -0.2) is 0 Å². The van der Waals surface area contributed by atoms with Crippen molar-refractivity contribution in [1.29, 1.82) is 0 Å². The molecular formula is C35H37O6P. The van der Waals surface area contributed by atoms with Crippen molar-refractivity contribution in [2.24, 2.45) is 5.92 Å². The zero-order chi connectivity index (χ0) is 29.6. The Labute approximate surface area is 247 Å². The second-order valence-corrected chi connectivity index (χ2v) is 13.8. The van der Waals surface area contributed by atoms with Gasteiger partial charge in [-0.15, -0.1) is 0 Å². The molecule has 0 saturated carbocycles. The molecule has 6 nitrogen and oxygen atoms in total. The smallest absolute Gasteiger partial charge is 0.361 e. The molecule has 2 fully saturated rings. The van der Waals surface area contributed by atoms with Crippen molar-refractivity contribution in [3.8, 4) is 0 Å². The third-order valence-corrected chi connectivity index (χ3v) is 10.5. The van der Waals surface area contributed by atoms with Crippen LogP contribution in [0.5, 0.6) is 0 Å². The zero-order valence-electron chi connectivity index (χ0n) is 24.3. The molecule has 0 radical (unpaired) electrons. The van der Waals surface area contributed by atoms with E-state index in [4.69, 9.17) is 18.5 Å². The number of rotatable bonds is 6. The summed E-state index contributed by atoms with van der Waals surface area (Å²) in [6.45, 7) is 7.34. The summed E-state index contributed by atoms with van der Waals surface area (Å²) in [7, 11) is -4.41. The number of aliphatic hydroxyl groups is 1. The van der Waals surface area contributed by atoms with Gasteiger partial charge < -0.3 is 14.6 Å². The van der Waals surface area contributed by atoms with Crippen molar-refractivity contribution in [2.75, 3.05) is 0 Å². The maximum absolute atomic E-state index is 15.5. The first kappa shape index (κ1) is 29.0. The molecule has 2 aliphatic rings. The normalized spacial score (nSPS) is 24.4. The second kappa shape index (κ2) is 10.9. The van der Waals surface area contributed by atoms with Crippen LogP contribution >= 0.6 is 7.60 Å². The van der Waals surface area contributed by atoms with E-state index in [1.807, 2.05) is 135 Å². The number of ether oxygens (including phenoxy) is 2. The summed E-state index contributed by atoms with van der Waals surface area (Å²) in [5.74, 6) is -2.94. The summed E-state index contributed by atoms with van der Waals surface area (Å²) in [4.78, 5) is 0. The number of hydrogen-bond donors (Lipinski definition) is 1. The fraction of sp³-hybridized carbons (Fsp3) is 0.314. The molecule has 4 aromatic rings. The van der Waals surface area contributed by atoms with Gasteiger partial charge in [-0.2, -0.15) is 0 Å². The molecule has 6 rings (SSSR count).